The van der Waals surface area contributed by atoms with Crippen molar-refractivity contribution in [1.82, 2.24) is 5.43 Å². The van der Waals surface area contributed by atoms with Crippen LogP contribution < -0.4 is 10.2 Å². The number of nitrogens with zero attached hydrogens (tertiary/aromatic N) is 1. The Labute approximate surface area is 134 Å². The van der Waals surface area contributed by atoms with Crippen molar-refractivity contribution in [2.45, 2.75) is 11.8 Å². The quantitative estimate of drug-likeness (QED) is 0.506. The lowest BCUT2D eigenvalue weighted by Gasteiger charge is -2.03. The monoisotopic (exact) mass is 314 g/mol. The molecule has 2 aromatic carbocycles. The molecule has 0 saturated carbocycles. The summed E-state index contributed by atoms with van der Waals surface area (Å²) in [4.78, 5) is 12.7. The van der Waals surface area contributed by atoms with E-state index in [0.29, 0.717) is 5.75 Å². The number of amides is 1. The fourth-order valence-electron chi connectivity index (χ4n) is 1.78. The summed E-state index contributed by atoms with van der Waals surface area (Å²) >= 11 is 1.45. The van der Waals surface area contributed by atoms with Crippen LogP contribution in [0.2, 0.25) is 0 Å². The molecule has 1 N–H and O–H groups in total. The van der Waals surface area contributed by atoms with Crippen LogP contribution in [0.5, 0.6) is 5.75 Å². The largest absolute Gasteiger partial charge is 0.497 e. The lowest BCUT2D eigenvalue weighted by molar-refractivity contribution is -0.118. The summed E-state index contributed by atoms with van der Waals surface area (Å²) in [6, 6.07) is 15.5. The second-order valence-corrected chi connectivity index (χ2v) is 5.72. The van der Waals surface area contributed by atoms with Crippen molar-refractivity contribution in [3.63, 3.8) is 0 Å². The molecule has 0 aliphatic carbocycles. The molecular formula is C17H18N2O2S. The molecule has 0 aliphatic heterocycles. The van der Waals surface area contributed by atoms with Crippen molar-refractivity contribution in [3.05, 3.63) is 59.7 Å². The minimum Gasteiger partial charge on any atom is -0.497 e. The predicted octanol–water partition coefficient (Wildman–Crippen LogP) is 3.25. The number of methoxy groups -OCH3 is 1. The molecule has 114 valence electrons. The predicted molar refractivity (Wildman–Crippen MR) is 90.6 cm³/mol. The highest BCUT2D eigenvalue weighted by Crippen LogP contribution is 2.20. The lowest BCUT2D eigenvalue weighted by atomic mass is 10.2. The van der Waals surface area contributed by atoms with E-state index < -0.39 is 0 Å². The number of aryl methyl sites for hydroxylation is 1. The molecule has 0 heterocycles. The molecule has 4 nitrogen and oxygen atoms in total. The van der Waals surface area contributed by atoms with Gasteiger partial charge in [0.15, 0.2) is 0 Å². The Kier molecular flexibility index (Phi) is 6.03. The van der Waals surface area contributed by atoms with E-state index in [9.17, 15) is 4.79 Å². The average Bonchev–Trinajstić information content (AvgIpc) is 2.53. The van der Waals surface area contributed by atoms with Crippen LogP contribution >= 0.6 is 11.8 Å². The van der Waals surface area contributed by atoms with Crippen LogP contribution in [0.3, 0.4) is 0 Å². The van der Waals surface area contributed by atoms with Crippen LogP contribution in [0, 0.1) is 6.92 Å². The number of carbonyl (C=O) groups is 1. The van der Waals surface area contributed by atoms with Crippen LogP contribution in [0.1, 0.15) is 11.1 Å². The van der Waals surface area contributed by atoms with Crippen LogP contribution in [0.25, 0.3) is 0 Å². The zero-order valence-corrected chi connectivity index (χ0v) is 13.4. The van der Waals surface area contributed by atoms with Crippen molar-refractivity contribution in [1.29, 1.82) is 0 Å². The molecule has 0 spiro atoms. The number of hydrogen-bond acceptors (Lipinski definition) is 4. The van der Waals surface area contributed by atoms with Gasteiger partial charge in [0.2, 0.25) is 5.91 Å². The van der Waals surface area contributed by atoms with E-state index in [4.69, 9.17) is 4.74 Å². The number of thioether (sulfide) groups is 1. The fraction of sp³-hybridized carbons (Fsp3) is 0.176. The normalized spacial score (nSPS) is 10.6. The number of nitrogens with one attached hydrogen (secondary N) is 1. The first-order chi connectivity index (χ1) is 10.7. The van der Waals surface area contributed by atoms with E-state index in [1.807, 2.05) is 55.5 Å². The molecule has 0 saturated heterocycles. The van der Waals surface area contributed by atoms with Crippen molar-refractivity contribution in [2.24, 2.45) is 5.10 Å². The highest BCUT2D eigenvalue weighted by atomic mass is 32.2. The maximum atomic E-state index is 11.7. The number of rotatable bonds is 6. The van der Waals surface area contributed by atoms with Gasteiger partial charge >= 0.3 is 0 Å². The van der Waals surface area contributed by atoms with E-state index in [2.05, 4.69) is 10.5 Å². The molecule has 0 unspecified atom stereocenters. The van der Waals surface area contributed by atoms with Crippen LogP contribution in [0.4, 0.5) is 0 Å². The molecule has 0 atom stereocenters. The maximum Gasteiger partial charge on any atom is 0.250 e. The zero-order valence-electron chi connectivity index (χ0n) is 12.6. The number of benzene rings is 2. The molecule has 22 heavy (non-hydrogen) atoms. The van der Waals surface area contributed by atoms with Crippen molar-refractivity contribution in [3.8, 4) is 5.75 Å². The molecule has 0 fully saturated rings. The van der Waals surface area contributed by atoms with Crippen LogP contribution in [-0.2, 0) is 4.79 Å². The van der Waals surface area contributed by atoms with E-state index in [1.165, 1.54) is 11.8 Å². The fourth-order valence-corrected chi connectivity index (χ4v) is 2.47. The Morgan fingerprint density at radius 3 is 2.73 bits per heavy atom. The van der Waals surface area contributed by atoms with Crippen LogP contribution in [-0.4, -0.2) is 25.0 Å². The Hall–Kier alpha value is -2.27. The number of hydrogen-bond donors (Lipinski definition) is 1. The summed E-state index contributed by atoms with van der Waals surface area (Å²) in [6.07, 6.45) is 1.64. The third kappa shape index (κ3) is 5.26. The topological polar surface area (TPSA) is 50.7 Å². The van der Waals surface area contributed by atoms with Crippen molar-refractivity contribution >= 4 is 23.9 Å². The Morgan fingerprint density at radius 1 is 1.27 bits per heavy atom. The molecular weight excluding hydrogens is 296 g/mol. The second-order valence-electron chi connectivity index (χ2n) is 4.67. The minimum absolute atomic E-state index is 0.135. The maximum absolute atomic E-state index is 11.7. The summed E-state index contributed by atoms with van der Waals surface area (Å²) in [5, 5.41) is 3.96. The zero-order chi connectivity index (χ0) is 15.8. The lowest BCUT2D eigenvalue weighted by Crippen LogP contribution is -2.19. The molecule has 5 heteroatoms. The van der Waals surface area contributed by atoms with Gasteiger partial charge in [0.1, 0.15) is 5.75 Å². The third-order valence-corrected chi connectivity index (χ3v) is 3.89. The first kappa shape index (κ1) is 16.1. The number of carbonyl (C=O) groups excluding carboxylic acids is 1. The van der Waals surface area contributed by atoms with Crippen LogP contribution in [0.15, 0.2) is 58.5 Å². The van der Waals surface area contributed by atoms with Crippen molar-refractivity contribution < 1.29 is 9.53 Å². The molecule has 2 rings (SSSR count). The van der Waals surface area contributed by atoms with Gasteiger partial charge in [-0.15, -0.1) is 11.8 Å². The Balaban J connectivity index is 1.77. The van der Waals surface area contributed by atoms with Gasteiger partial charge < -0.3 is 4.74 Å². The average molecular weight is 314 g/mol. The molecule has 0 bridgehead atoms. The summed E-state index contributed by atoms with van der Waals surface area (Å²) in [7, 11) is 1.63. The summed E-state index contributed by atoms with van der Waals surface area (Å²) in [5.41, 5.74) is 4.65. The molecule has 2 aromatic rings. The summed E-state index contributed by atoms with van der Waals surface area (Å²) < 4.78 is 5.09. The van der Waals surface area contributed by atoms with Gasteiger partial charge in [-0.25, -0.2) is 5.43 Å². The molecule has 0 aromatic heterocycles. The van der Waals surface area contributed by atoms with Gasteiger partial charge in [0, 0.05) is 4.90 Å². The standard InChI is InChI=1S/C17H18N2O2S/c1-13-4-3-5-14(10-13)11-18-19-17(20)12-22-16-8-6-15(21-2)7-9-16/h3-11H,12H2,1-2H3,(H,19,20)/b18-11+. The smallest absolute Gasteiger partial charge is 0.250 e. The molecule has 0 aliphatic rings. The Morgan fingerprint density at radius 2 is 2.05 bits per heavy atom. The van der Waals surface area contributed by atoms with Gasteiger partial charge in [0.25, 0.3) is 0 Å². The minimum atomic E-state index is -0.135. The summed E-state index contributed by atoms with van der Waals surface area (Å²) in [5.74, 6) is 0.985. The highest BCUT2D eigenvalue weighted by molar-refractivity contribution is 8.00. The van der Waals surface area contributed by atoms with Gasteiger partial charge in [0.05, 0.1) is 19.1 Å². The second kappa shape index (κ2) is 8.24. The van der Waals surface area contributed by atoms with Gasteiger partial charge in [-0.3, -0.25) is 4.79 Å². The molecule has 1 amide bonds. The number of ether oxygens (including phenoxy) is 1. The number of hydrazone groups is 1. The van der Waals surface area contributed by atoms with Crippen molar-refractivity contribution in [2.75, 3.05) is 12.9 Å². The van der Waals surface area contributed by atoms with Gasteiger partial charge in [-0.05, 0) is 36.8 Å². The molecule has 0 radical (unpaired) electrons. The van der Waals surface area contributed by atoms with E-state index in [1.54, 1.807) is 13.3 Å². The first-order valence-corrected chi connectivity index (χ1v) is 7.81. The SMILES string of the molecule is COc1ccc(SCC(=O)N/N=C/c2cccc(C)c2)cc1. The van der Waals surface area contributed by atoms with Gasteiger partial charge in [-0.1, -0.05) is 29.8 Å². The first-order valence-electron chi connectivity index (χ1n) is 6.83. The van der Waals surface area contributed by atoms with E-state index in [-0.39, 0.29) is 5.91 Å². The Bertz CT molecular complexity index is 654. The van der Waals surface area contributed by atoms with E-state index in [0.717, 1.165) is 21.8 Å². The third-order valence-electron chi connectivity index (χ3n) is 2.87. The van der Waals surface area contributed by atoms with E-state index >= 15 is 0 Å². The highest BCUT2D eigenvalue weighted by Gasteiger charge is 2.01. The van der Waals surface area contributed by atoms with Gasteiger partial charge in [-0.2, -0.15) is 5.10 Å². The summed E-state index contributed by atoms with van der Waals surface area (Å²) in [6.45, 7) is 2.02.